The van der Waals surface area contributed by atoms with E-state index >= 15 is 0 Å². The van der Waals surface area contributed by atoms with E-state index in [-0.39, 0.29) is 26.2 Å². The van der Waals surface area contributed by atoms with Crippen molar-refractivity contribution in [1.29, 1.82) is 0 Å². The van der Waals surface area contributed by atoms with Crippen LogP contribution >= 0.6 is 0 Å². The molecule has 0 aliphatic rings. The summed E-state index contributed by atoms with van der Waals surface area (Å²) in [5.74, 6) is -3.72. The number of unbranched alkanes of at least 4 members (excludes halogenated alkanes) is 1. The van der Waals surface area contributed by atoms with Gasteiger partial charge in [0.05, 0.1) is 0 Å². The van der Waals surface area contributed by atoms with Crippen LogP contribution in [0, 0.1) is 0 Å². The first-order valence-electron chi connectivity index (χ1n) is 7.46. The SMILES string of the molecule is CCCCC(F)C(F)(F)C(OCC)C([Si])(OCC)OCC. The largest absolute Gasteiger partial charge is 0.367 e. The minimum absolute atomic E-state index is 0.00681. The first-order valence-corrected chi connectivity index (χ1v) is 7.96. The molecule has 0 fully saturated rings. The van der Waals surface area contributed by atoms with E-state index in [4.69, 9.17) is 14.2 Å². The summed E-state index contributed by atoms with van der Waals surface area (Å²) in [6, 6.07) is 0. The molecular weight excluding hydrogens is 301 g/mol. The van der Waals surface area contributed by atoms with Crippen molar-refractivity contribution in [3.63, 3.8) is 0 Å². The normalized spacial score (nSPS) is 16.0. The van der Waals surface area contributed by atoms with Gasteiger partial charge in [0.1, 0.15) is 10.2 Å². The smallest absolute Gasteiger partial charge is 0.309 e. The van der Waals surface area contributed by atoms with E-state index in [1.54, 1.807) is 20.8 Å². The molecule has 2 unspecified atom stereocenters. The van der Waals surface area contributed by atoms with Crippen molar-refractivity contribution in [2.45, 2.75) is 70.6 Å². The quantitative estimate of drug-likeness (QED) is 0.406. The molecule has 0 saturated heterocycles. The summed E-state index contributed by atoms with van der Waals surface area (Å²) in [4.78, 5) is 0. The van der Waals surface area contributed by atoms with Crippen LogP contribution in [0.3, 0.4) is 0 Å². The fraction of sp³-hybridized carbons (Fsp3) is 1.00. The number of rotatable bonds is 12. The van der Waals surface area contributed by atoms with Crippen molar-refractivity contribution in [2.75, 3.05) is 19.8 Å². The number of hydrogen-bond acceptors (Lipinski definition) is 3. The van der Waals surface area contributed by atoms with E-state index in [0.29, 0.717) is 12.8 Å². The molecule has 0 saturated carbocycles. The lowest BCUT2D eigenvalue weighted by molar-refractivity contribution is -0.298. The van der Waals surface area contributed by atoms with Gasteiger partial charge in [-0.2, -0.15) is 0 Å². The average Bonchev–Trinajstić information content (AvgIpc) is 2.42. The standard InChI is InChI=1S/C14H26F3O3Si/c1-5-9-10-11(15)13(16,17)12(18-6-2)14(21,19-7-3)20-8-4/h11-12H,5-10H2,1-4H3. The Morgan fingerprint density at radius 1 is 1.00 bits per heavy atom. The van der Waals surface area contributed by atoms with Gasteiger partial charge in [-0.05, 0) is 27.2 Å². The Morgan fingerprint density at radius 3 is 1.90 bits per heavy atom. The van der Waals surface area contributed by atoms with Gasteiger partial charge in [-0.15, -0.1) is 0 Å². The van der Waals surface area contributed by atoms with E-state index in [2.05, 4.69) is 10.2 Å². The molecule has 3 radical (unpaired) electrons. The molecular formula is C14H26F3O3Si. The highest BCUT2D eigenvalue weighted by Crippen LogP contribution is 2.37. The van der Waals surface area contributed by atoms with E-state index in [1.165, 1.54) is 0 Å². The van der Waals surface area contributed by atoms with E-state index < -0.39 is 23.6 Å². The Morgan fingerprint density at radius 2 is 1.52 bits per heavy atom. The molecule has 21 heavy (non-hydrogen) atoms. The predicted molar refractivity (Wildman–Crippen MR) is 76.5 cm³/mol. The van der Waals surface area contributed by atoms with Crippen molar-refractivity contribution in [1.82, 2.24) is 0 Å². The third-order valence-electron chi connectivity index (χ3n) is 2.97. The summed E-state index contributed by atoms with van der Waals surface area (Å²) >= 11 is 0. The molecule has 0 rings (SSSR count). The lowest BCUT2D eigenvalue weighted by Gasteiger charge is -2.41. The Hall–Kier alpha value is -0.113. The number of ether oxygens (including phenoxy) is 3. The molecule has 0 heterocycles. The fourth-order valence-electron chi connectivity index (χ4n) is 2.00. The number of halogens is 3. The molecule has 0 spiro atoms. The van der Waals surface area contributed by atoms with Crippen LogP contribution in [-0.4, -0.2) is 53.7 Å². The number of hydrogen-bond donors (Lipinski definition) is 0. The summed E-state index contributed by atoms with van der Waals surface area (Å²) in [5, 5.41) is 0. The summed E-state index contributed by atoms with van der Waals surface area (Å²) in [5.41, 5.74) is -1.88. The van der Waals surface area contributed by atoms with Crippen LogP contribution < -0.4 is 0 Å². The minimum Gasteiger partial charge on any atom is -0.367 e. The Bertz CT molecular complexity index is 274. The Kier molecular flexibility index (Phi) is 9.76. The topological polar surface area (TPSA) is 27.7 Å². The van der Waals surface area contributed by atoms with E-state index in [9.17, 15) is 13.2 Å². The van der Waals surface area contributed by atoms with Crippen LogP contribution in [0.5, 0.6) is 0 Å². The molecule has 125 valence electrons. The van der Waals surface area contributed by atoms with Crippen LogP contribution in [0.15, 0.2) is 0 Å². The minimum atomic E-state index is -3.72. The van der Waals surface area contributed by atoms with Crippen LogP contribution in [0.1, 0.15) is 47.0 Å². The van der Waals surface area contributed by atoms with Gasteiger partial charge < -0.3 is 14.2 Å². The van der Waals surface area contributed by atoms with Crippen molar-refractivity contribution < 1.29 is 27.4 Å². The zero-order chi connectivity index (χ0) is 16.5. The maximum atomic E-state index is 14.4. The van der Waals surface area contributed by atoms with Crippen molar-refractivity contribution in [2.24, 2.45) is 0 Å². The lowest BCUT2D eigenvalue weighted by atomic mass is 10.0. The molecule has 7 heteroatoms. The van der Waals surface area contributed by atoms with E-state index in [0.717, 1.165) is 0 Å². The molecule has 0 amide bonds. The molecule has 0 N–H and O–H groups in total. The summed E-state index contributed by atoms with van der Waals surface area (Å²) in [6.45, 7) is 6.89. The first kappa shape index (κ1) is 20.9. The molecule has 0 aliphatic heterocycles. The molecule has 3 nitrogen and oxygen atoms in total. The van der Waals surface area contributed by atoms with E-state index in [1.807, 2.05) is 6.92 Å². The molecule has 0 bridgehead atoms. The van der Waals surface area contributed by atoms with Gasteiger partial charge in [0.15, 0.2) is 17.7 Å². The summed E-state index contributed by atoms with van der Waals surface area (Å²) < 4.78 is 58.5. The highest BCUT2D eigenvalue weighted by Gasteiger charge is 2.57. The third kappa shape index (κ3) is 5.88. The zero-order valence-electron chi connectivity index (χ0n) is 13.3. The van der Waals surface area contributed by atoms with Gasteiger partial charge in [0.2, 0.25) is 0 Å². The van der Waals surface area contributed by atoms with Gasteiger partial charge in [0, 0.05) is 19.8 Å². The van der Waals surface area contributed by atoms with Crippen molar-refractivity contribution in [3.8, 4) is 0 Å². The maximum absolute atomic E-state index is 14.4. The highest BCUT2D eigenvalue weighted by atomic mass is 28.1. The molecule has 0 aliphatic carbocycles. The molecule has 0 aromatic rings. The summed E-state index contributed by atoms with van der Waals surface area (Å²) in [7, 11) is 3.09. The van der Waals surface area contributed by atoms with Gasteiger partial charge >= 0.3 is 5.92 Å². The van der Waals surface area contributed by atoms with Crippen LogP contribution in [0.4, 0.5) is 13.2 Å². The van der Waals surface area contributed by atoms with Gasteiger partial charge in [-0.25, -0.2) is 13.2 Å². The summed E-state index contributed by atoms with van der Waals surface area (Å²) in [6.07, 6.45) is -3.39. The molecule has 0 aromatic heterocycles. The van der Waals surface area contributed by atoms with Crippen LogP contribution in [0.25, 0.3) is 0 Å². The Balaban J connectivity index is 5.30. The third-order valence-corrected chi connectivity index (χ3v) is 3.53. The second-order valence-corrected chi connectivity index (χ2v) is 5.35. The maximum Gasteiger partial charge on any atom is 0.309 e. The molecule has 2 atom stereocenters. The van der Waals surface area contributed by atoms with Crippen molar-refractivity contribution >= 4 is 10.2 Å². The lowest BCUT2D eigenvalue weighted by Crippen LogP contribution is -2.60. The second-order valence-electron chi connectivity index (χ2n) is 4.65. The van der Waals surface area contributed by atoms with Gasteiger partial charge in [0.25, 0.3) is 0 Å². The highest BCUT2D eigenvalue weighted by molar-refractivity contribution is 6.14. The average molecular weight is 327 g/mol. The van der Waals surface area contributed by atoms with Gasteiger partial charge in [-0.3, -0.25) is 0 Å². The first-order chi connectivity index (χ1) is 9.80. The Labute approximate surface area is 128 Å². The van der Waals surface area contributed by atoms with Crippen molar-refractivity contribution in [3.05, 3.63) is 0 Å². The second kappa shape index (κ2) is 9.81. The predicted octanol–water partition coefficient (Wildman–Crippen LogP) is 3.45. The fourth-order valence-corrected chi connectivity index (χ4v) is 2.57. The monoisotopic (exact) mass is 327 g/mol. The van der Waals surface area contributed by atoms with Crippen LogP contribution in [-0.2, 0) is 14.2 Å². The zero-order valence-corrected chi connectivity index (χ0v) is 14.3. The van der Waals surface area contributed by atoms with Crippen LogP contribution in [0.2, 0.25) is 0 Å². The van der Waals surface area contributed by atoms with Gasteiger partial charge in [-0.1, -0.05) is 19.8 Å². The number of alkyl halides is 3. The molecule has 0 aromatic carbocycles.